The topological polar surface area (TPSA) is 83.8 Å². The van der Waals surface area contributed by atoms with E-state index in [1.54, 1.807) is 17.6 Å². The number of aromatic nitrogens is 2. The predicted octanol–water partition coefficient (Wildman–Crippen LogP) is 4.52. The quantitative estimate of drug-likeness (QED) is 0.616. The molecule has 0 aliphatic heterocycles. The number of halogens is 1. The largest absolute Gasteiger partial charge is 0.339 e. The summed E-state index contributed by atoms with van der Waals surface area (Å²) in [5, 5.41) is 5.43. The summed E-state index contributed by atoms with van der Waals surface area (Å²) >= 11 is 1.06. The van der Waals surface area contributed by atoms with Crippen molar-refractivity contribution in [3.8, 4) is 11.3 Å². The van der Waals surface area contributed by atoms with Crippen molar-refractivity contribution in [1.29, 1.82) is 0 Å². The van der Waals surface area contributed by atoms with E-state index in [4.69, 9.17) is 5.73 Å². The number of hydrogen-bond donors (Lipinski definition) is 3. The van der Waals surface area contributed by atoms with Gasteiger partial charge in [0.15, 0.2) is 5.13 Å². The molecule has 5 nitrogen and oxygen atoms in total. The average molecular weight is 386 g/mol. The predicted molar refractivity (Wildman–Crippen MR) is 107 cm³/mol. The number of H-pyrrole nitrogens is 1. The Labute approximate surface area is 161 Å². The molecule has 0 bridgehead atoms. The van der Waals surface area contributed by atoms with Gasteiger partial charge in [0.1, 0.15) is 5.65 Å². The van der Waals surface area contributed by atoms with Crippen LogP contribution in [0.1, 0.15) is 32.6 Å². The number of thiophene rings is 1. The van der Waals surface area contributed by atoms with Gasteiger partial charge < -0.3 is 16.0 Å². The van der Waals surface area contributed by atoms with E-state index in [0.717, 1.165) is 59.4 Å². The minimum Gasteiger partial charge on any atom is -0.339 e. The van der Waals surface area contributed by atoms with Gasteiger partial charge in [-0.15, -0.1) is 11.3 Å². The van der Waals surface area contributed by atoms with Crippen LogP contribution in [0.25, 0.3) is 22.3 Å². The molecule has 0 radical (unpaired) electrons. The smallest absolute Gasteiger partial charge is 0.227 e. The van der Waals surface area contributed by atoms with Crippen LogP contribution in [0.4, 0.5) is 10.1 Å². The van der Waals surface area contributed by atoms with Crippen molar-refractivity contribution >= 4 is 34.0 Å². The molecule has 1 saturated carbocycles. The van der Waals surface area contributed by atoms with Crippen LogP contribution < -0.4 is 11.1 Å². The molecule has 4 rings (SSSR count). The number of hydrogen-bond acceptors (Lipinski definition) is 4. The Bertz CT molecular complexity index is 956. The summed E-state index contributed by atoms with van der Waals surface area (Å²) in [5.74, 6) is 0.586. The number of rotatable bonds is 4. The van der Waals surface area contributed by atoms with Crippen molar-refractivity contribution in [3.63, 3.8) is 0 Å². The van der Waals surface area contributed by atoms with Crippen LogP contribution >= 0.6 is 11.3 Å². The van der Waals surface area contributed by atoms with E-state index in [2.05, 4.69) is 15.3 Å². The first-order chi connectivity index (χ1) is 13.0. The fraction of sp³-hybridized carbons (Fsp3) is 0.400. The molecular formula is C20H23FN4OS. The first kappa shape index (κ1) is 18.1. The van der Waals surface area contributed by atoms with Gasteiger partial charge in [-0.3, -0.25) is 4.79 Å². The van der Waals surface area contributed by atoms with E-state index in [-0.39, 0.29) is 23.0 Å². The fourth-order valence-corrected chi connectivity index (χ4v) is 4.51. The monoisotopic (exact) mass is 386 g/mol. The van der Waals surface area contributed by atoms with Gasteiger partial charge in [-0.05, 0) is 56.7 Å². The van der Waals surface area contributed by atoms with Gasteiger partial charge in [0.05, 0.1) is 5.69 Å². The Morgan fingerprint density at radius 2 is 2.15 bits per heavy atom. The third-order valence-electron chi connectivity index (χ3n) is 5.55. The van der Waals surface area contributed by atoms with Crippen molar-refractivity contribution in [2.24, 2.45) is 17.6 Å². The van der Waals surface area contributed by atoms with E-state index < -0.39 is 0 Å². The number of anilines is 1. The zero-order chi connectivity index (χ0) is 19.0. The molecule has 1 atom stereocenters. The van der Waals surface area contributed by atoms with Gasteiger partial charge in [-0.2, -0.15) is 4.39 Å². The van der Waals surface area contributed by atoms with Crippen LogP contribution in [0.2, 0.25) is 0 Å². The summed E-state index contributed by atoms with van der Waals surface area (Å²) in [6.07, 6.45) is 5.41. The summed E-state index contributed by atoms with van der Waals surface area (Å²) in [6, 6.07) is 5.39. The van der Waals surface area contributed by atoms with Gasteiger partial charge in [0, 0.05) is 40.2 Å². The molecule has 3 aromatic heterocycles. The third kappa shape index (κ3) is 3.75. The lowest BCUT2D eigenvalue weighted by molar-refractivity contribution is -0.121. The normalized spacial score (nSPS) is 21.3. The Morgan fingerprint density at radius 3 is 2.81 bits per heavy atom. The maximum Gasteiger partial charge on any atom is 0.227 e. The van der Waals surface area contributed by atoms with Gasteiger partial charge in [0.25, 0.3) is 0 Å². The SMILES string of the molecule is CC(N)C1CCC(C(=O)Nc2ccnc3[nH]c(-c4csc(F)c4)cc23)CC1. The molecule has 3 heterocycles. The molecule has 4 N–H and O–H groups in total. The molecule has 1 unspecified atom stereocenters. The van der Waals surface area contributed by atoms with Crippen molar-refractivity contribution in [1.82, 2.24) is 9.97 Å². The Balaban J connectivity index is 1.52. The Kier molecular flexibility index (Phi) is 4.97. The van der Waals surface area contributed by atoms with Crippen LogP contribution in [-0.4, -0.2) is 21.9 Å². The number of nitrogens with two attached hydrogens (primary N) is 1. The highest BCUT2D eigenvalue weighted by Crippen LogP contribution is 2.33. The second-order valence-electron chi connectivity index (χ2n) is 7.40. The third-order valence-corrected chi connectivity index (χ3v) is 6.27. The van der Waals surface area contributed by atoms with Gasteiger partial charge in [0.2, 0.25) is 5.91 Å². The Hall–Kier alpha value is -2.25. The summed E-state index contributed by atoms with van der Waals surface area (Å²) < 4.78 is 13.3. The molecule has 142 valence electrons. The molecule has 0 saturated heterocycles. The van der Waals surface area contributed by atoms with Crippen LogP contribution in [0, 0.1) is 17.0 Å². The molecular weight excluding hydrogens is 363 g/mol. The van der Waals surface area contributed by atoms with Gasteiger partial charge in [-0.25, -0.2) is 4.98 Å². The number of carbonyl (C=O) groups excluding carboxylic acids is 1. The molecule has 27 heavy (non-hydrogen) atoms. The molecule has 1 aliphatic carbocycles. The van der Waals surface area contributed by atoms with Gasteiger partial charge in [-0.1, -0.05) is 0 Å². The molecule has 0 aromatic carbocycles. The molecule has 1 amide bonds. The maximum absolute atomic E-state index is 13.3. The number of pyridine rings is 1. The molecule has 1 fully saturated rings. The fourth-order valence-electron chi connectivity index (χ4n) is 3.88. The average Bonchev–Trinajstić information content (AvgIpc) is 3.28. The van der Waals surface area contributed by atoms with E-state index in [9.17, 15) is 9.18 Å². The lowest BCUT2D eigenvalue weighted by atomic mass is 9.79. The second-order valence-corrected chi connectivity index (χ2v) is 8.26. The van der Waals surface area contributed by atoms with Crippen LogP contribution in [0.3, 0.4) is 0 Å². The molecule has 7 heteroatoms. The zero-order valence-corrected chi connectivity index (χ0v) is 16.0. The highest BCUT2D eigenvalue weighted by Gasteiger charge is 2.28. The van der Waals surface area contributed by atoms with Crippen molar-refractivity contribution in [2.45, 2.75) is 38.6 Å². The van der Waals surface area contributed by atoms with Crippen LogP contribution in [-0.2, 0) is 4.79 Å². The highest BCUT2D eigenvalue weighted by molar-refractivity contribution is 7.08. The first-order valence-corrected chi connectivity index (χ1v) is 10.2. The first-order valence-electron chi connectivity index (χ1n) is 9.30. The number of nitrogens with zero attached hydrogens (tertiary/aromatic N) is 1. The number of aromatic amines is 1. The number of carbonyl (C=O) groups is 1. The molecule has 1 aliphatic rings. The van der Waals surface area contributed by atoms with Crippen LogP contribution in [0.5, 0.6) is 0 Å². The summed E-state index contributed by atoms with van der Waals surface area (Å²) in [4.78, 5) is 20.3. The number of nitrogens with one attached hydrogen (secondary N) is 2. The van der Waals surface area contributed by atoms with Crippen LogP contribution in [0.15, 0.2) is 29.8 Å². The van der Waals surface area contributed by atoms with Crippen molar-refractivity contribution in [3.05, 3.63) is 34.9 Å². The minimum atomic E-state index is -0.229. The summed E-state index contributed by atoms with van der Waals surface area (Å²) in [5.41, 5.74) is 8.97. The maximum atomic E-state index is 13.3. The highest BCUT2D eigenvalue weighted by atomic mass is 32.1. The van der Waals surface area contributed by atoms with Crippen molar-refractivity contribution < 1.29 is 9.18 Å². The lowest BCUT2D eigenvalue weighted by Crippen LogP contribution is -2.33. The Morgan fingerprint density at radius 1 is 1.37 bits per heavy atom. The van der Waals surface area contributed by atoms with E-state index >= 15 is 0 Å². The second kappa shape index (κ2) is 7.40. The summed E-state index contributed by atoms with van der Waals surface area (Å²) in [7, 11) is 0. The zero-order valence-electron chi connectivity index (χ0n) is 15.2. The van der Waals surface area contributed by atoms with E-state index in [1.807, 2.05) is 13.0 Å². The molecule has 3 aromatic rings. The summed E-state index contributed by atoms with van der Waals surface area (Å²) in [6.45, 7) is 2.04. The standard InChI is InChI=1S/C20H23FN4OS/c1-11(22)12-2-4-13(5-3-12)20(26)25-16-6-7-23-19-15(16)9-17(24-19)14-8-18(21)27-10-14/h6-13H,2-5,22H2,1H3,(H2,23,24,25,26). The van der Waals surface area contributed by atoms with Gasteiger partial charge >= 0.3 is 0 Å². The lowest BCUT2D eigenvalue weighted by Gasteiger charge is -2.30. The number of amides is 1. The number of fused-ring (bicyclic) bond motifs is 1. The van der Waals surface area contributed by atoms with Crippen molar-refractivity contribution in [2.75, 3.05) is 5.32 Å². The van der Waals surface area contributed by atoms with E-state index in [0.29, 0.717) is 11.6 Å². The van der Waals surface area contributed by atoms with E-state index in [1.165, 1.54) is 6.07 Å². The minimum absolute atomic E-state index is 0.0209. The molecule has 0 spiro atoms.